The second kappa shape index (κ2) is 9.43. The molecule has 1 saturated carbocycles. The number of nitriles is 1. The lowest BCUT2D eigenvalue weighted by Gasteiger charge is -2.17. The van der Waals surface area contributed by atoms with E-state index in [1.54, 1.807) is 30.3 Å². The highest BCUT2D eigenvalue weighted by molar-refractivity contribution is 6.01. The van der Waals surface area contributed by atoms with E-state index in [0.29, 0.717) is 11.5 Å². The molecule has 160 valence electrons. The summed E-state index contributed by atoms with van der Waals surface area (Å²) >= 11 is 0. The lowest BCUT2D eigenvalue weighted by atomic mass is 9.87. The van der Waals surface area contributed by atoms with Crippen LogP contribution in [0.2, 0.25) is 0 Å². The average molecular weight is 419 g/mol. The topological polar surface area (TPSA) is 128 Å². The summed E-state index contributed by atoms with van der Waals surface area (Å²) in [4.78, 5) is 27.0. The Morgan fingerprint density at radius 1 is 1.32 bits per heavy atom. The van der Waals surface area contributed by atoms with Crippen molar-refractivity contribution in [1.29, 1.82) is 5.26 Å². The summed E-state index contributed by atoms with van der Waals surface area (Å²) in [6, 6.07) is 4.16. The normalized spacial score (nSPS) is 14.2. The van der Waals surface area contributed by atoms with Gasteiger partial charge in [0.05, 0.1) is 36.1 Å². The molecule has 1 fully saturated rings. The predicted molar refractivity (Wildman–Crippen MR) is 118 cm³/mol. The summed E-state index contributed by atoms with van der Waals surface area (Å²) in [5.41, 5.74) is 3.08. The quantitative estimate of drug-likeness (QED) is 0.464. The number of aryl methyl sites for hydroxylation is 1. The molecule has 0 aromatic carbocycles. The van der Waals surface area contributed by atoms with E-state index in [1.807, 2.05) is 12.3 Å². The van der Waals surface area contributed by atoms with Gasteiger partial charge in [-0.15, -0.1) is 0 Å². The van der Waals surface area contributed by atoms with Crippen molar-refractivity contribution in [2.24, 2.45) is 13.0 Å². The van der Waals surface area contributed by atoms with Crippen molar-refractivity contribution >= 4 is 33.7 Å². The first-order valence-corrected chi connectivity index (χ1v) is 10.6. The first-order valence-electron chi connectivity index (χ1n) is 10.6. The van der Waals surface area contributed by atoms with E-state index in [9.17, 15) is 4.79 Å². The molecule has 3 N–H and O–H groups in total. The zero-order valence-corrected chi connectivity index (χ0v) is 17.6. The lowest BCUT2D eigenvalue weighted by Crippen LogP contribution is -2.14. The first-order chi connectivity index (χ1) is 15.1. The van der Waals surface area contributed by atoms with E-state index in [2.05, 4.69) is 36.4 Å². The van der Waals surface area contributed by atoms with Gasteiger partial charge in [-0.05, 0) is 24.8 Å². The number of anilines is 1. The number of H-pyrrole nitrogens is 2. The van der Waals surface area contributed by atoms with Crippen molar-refractivity contribution in [2.75, 3.05) is 5.32 Å². The van der Waals surface area contributed by atoms with Crippen LogP contribution < -0.4 is 5.32 Å². The summed E-state index contributed by atoms with van der Waals surface area (Å²) < 4.78 is 1.63. The molecular weight excluding hydrogens is 392 g/mol. The number of pyridine rings is 1. The Morgan fingerprint density at radius 3 is 2.90 bits per heavy atom. The van der Waals surface area contributed by atoms with E-state index < -0.39 is 0 Å². The molecule has 0 unspecified atom stereocenters. The third-order valence-electron chi connectivity index (χ3n) is 5.51. The minimum atomic E-state index is -0.148. The van der Waals surface area contributed by atoms with Crippen LogP contribution in [0.25, 0.3) is 22.1 Å². The van der Waals surface area contributed by atoms with Crippen molar-refractivity contribution in [3.8, 4) is 6.07 Å². The van der Waals surface area contributed by atoms with Crippen molar-refractivity contribution in [3.05, 3.63) is 36.7 Å². The minimum absolute atomic E-state index is 0.148. The number of aromatic nitrogens is 6. The molecule has 9 nitrogen and oxygen atoms in total. The summed E-state index contributed by atoms with van der Waals surface area (Å²) in [6.45, 7) is 0. The molecule has 5 rings (SSSR count). The summed E-state index contributed by atoms with van der Waals surface area (Å²) in [5, 5.41) is 16.1. The van der Waals surface area contributed by atoms with Gasteiger partial charge in [-0.25, -0.2) is 9.97 Å². The van der Waals surface area contributed by atoms with Gasteiger partial charge in [0.25, 0.3) is 0 Å². The van der Waals surface area contributed by atoms with Gasteiger partial charge in [0, 0.05) is 31.2 Å². The van der Waals surface area contributed by atoms with E-state index >= 15 is 0 Å². The number of rotatable bonds is 4. The Bertz CT molecular complexity index is 1210. The largest absolute Gasteiger partial charge is 0.346 e. The Morgan fingerprint density at radius 2 is 2.16 bits per heavy atom. The first kappa shape index (κ1) is 20.6. The van der Waals surface area contributed by atoms with Gasteiger partial charge in [-0.2, -0.15) is 10.4 Å². The molecule has 0 radical (unpaired) electrons. The Hall–Kier alpha value is -3.67. The Kier molecular flexibility index (Phi) is 6.26. The maximum absolute atomic E-state index is 12.1. The van der Waals surface area contributed by atoms with E-state index in [4.69, 9.17) is 5.26 Å². The van der Waals surface area contributed by atoms with Crippen molar-refractivity contribution in [3.63, 3.8) is 0 Å². The SMILES string of the molecule is Cn1cc(NC(=O)Cc2nc3c(cnc4[nH]ccc43)[nH]2)cn1.N#CCC1CCCCC1. The number of carbonyl (C=O) groups is 1. The number of carbonyl (C=O) groups excluding carboxylic acids is 1. The van der Waals surface area contributed by atoms with Crippen molar-refractivity contribution in [2.45, 2.75) is 44.9 Å². The molecule has 9 heteroatoms. The molecule has 4 heterocycles. The van der Waals surface area contributed by atoms with Crippen LogP contribution >= 0.6 is 0 Å². The number of nitrogens with one attached hydrogen (secondary N) is 3. The smallest absolute Gasteiger partial charge is 0.232 e. The molecule has 1 amide bonds. The van der Waals surface area contributed by atoms with Gasteiger partial charge in [0.15, 0.2) is 0 Å². The number of aromatic amines is 2. The molecule has 1 aliphatic rings. The van der Waals surface area contributed by atoms with Gasteiger partial charge >= 0.3 is 0 Å². The second-order valence-electron chi connectivity index (χ2n) is 7.94. The molecule has 4 aromatic rings. The van der Waals surface area contributed by atoms with E-state index in [-0.39, 0.29) is 12.3 Å². The highest BCUT2D eigenvalue weighted by atomic mass is 16.1. The molecule has 0 spiro atoms. The van der Waals surface area contributed by atoms with Gasteiger partial charge in [0.1, 0.15) is 17.0 Å². The van der Waals surface area contributed by atoms with Crippen LogP contribution in [0.15, 0.2) is 30.9 Å². The number of hydrogen-bond acceptors (Lipinski definition) is 5. The highest BCUT2D eigenvalue weighted by Crippen LogP contribution is 2.25. The molecule has 0 aliphatic heterocycles. The van der Waals surface area contributed by atoms with Gasteiger partial charge < -0.3 is 15.3 Å². The molecule has 0 atom stereocenters. The lowest BCUT2D eigenvalue weighted by molar-refractivity contribution is -0.115. The highest BCUT2D eigenvalue weighted by Gasteiger charge is 2.13. The van der Waals surface area contributed by atoms with Crippen molar-refractivity contribution in [1.82, 2.24) is 29.7 Å². The summed E-state index contributed by atoms with van der Waals surface area (Å²) in [7, 11) is 1.80. The fraction of sp³-hybridized carbons (Fsp3) is 0.409. The monoisotopic (exact) mass is 418 g/mol. The zero-order valence-electron chi connectivity index (χ0n) is 17.6. The number of hydrogen-bond donors (Lipinski definition) is 3. The summed E-state index contributed by atoms with van der Waals surface area (Å²) in [5.74, 6) is 1.20. The van der Waals surface area contributed by atoms with Crippen LogP contribution in [0.5, 0.6) is 0 Å². The molecule has 1 aliphatic carbocycles. The minimum Gasteiger partial charge on any atom is -0.346 e. The molecular formula is C22H26N8O. The zero-order chi connectivity index (χ0) is 21.6. The third kappa shape index (κ3) is 5.09. The van der Waals surface area contributed by atoms with E-state index in [1.165, 1.54) is 32.1 Å². The number of fused-ring (bicyclic) bond motifs is 3. The molecule has 0 saturated heterocycles. The fourth-order valence-electron chi connectivity index (χ4n) is 3.97. The Labute approximate surface area is 179 Å². The average Bonchev–Trinajstić information content (AvgIpc) is 3.48. The fourth-order valence-corrected chi connectivity index (χ4v) is 3.97. The molecule has 0 bridgehead atoms. The molecule has 31 heavy (non-hydrogen) atoms. The standard InChI is InChI=1S/C14H13N7O.C8H13N/c1-21-7-8(5-17-21)18-12(22)4-11-19-10-6-16-14-9(2-3-15-14)13(10)20-11;9-7-6-8-4-2-1-3-5-8/h2-3,5-7H,4H2,1H3,(H,15,16)(H,18,22)(H,19,20);8H,1-6H2. The maximum atomic E-state index is 12.1. The number of amides is 1. The van der Waals surface area contributed by atoms with Crippen LogP contribution in [0.4, 0.5) is 5.69 Å². The van der Waals surface area contributed by atoms with Crippen LogP contribution in [-0.4, -0.2) is 35.6 Å². The maximum Gasteiger partial charge on any atom is 0.232 e. The van der Waals surface area contributed by atoms with Crippen LogP contribution in [-0.2, 0) is 18.3 Å². The van der Waals surface area contributed by atoms with Gasteiger partial charge in [-0.3, -0.25) is 9.48 Å². The summed E-state index contributed by atoms with van der Waals surface area (Å²) in [6.07, 6.45) is 14.5. The van der Waals surface area contributed by atoms with Crippen molar-refractivity contribution < 1.29 is 4.79 Å². The Balaban J connectivity index is 0.000000217. The predicted octanol–water partition coefficient (Wildman–Crippen LogP) is 3.83. The van der Waals surface area contributed by atoms with Crippen LogP contribution in [0.1, 0.15) is 44.3 Å². The molecule has 4 aromatic heterocycles. The van der Waals surface area contributed by atoms with Crippen LogP contribution in [0.3, 0.4) is 0 Å². The van der Waals surface area contributed by atoms with E-state index in [0.717, 1.165) is 34.4 Å². The van der Waals surface area contributed by atoms with Gasteiger partial charge in [-0.1, -0.05) is 19.3 Å². The third-order valence-corrected chi connectivity index (χ3v) is 5.51. The number of imidazole rings is 1. The number of nitrogens with zero attached hydrogens (tertiary/aromatic N) is 5. The van der Waals surface area contributed by atoms with Gasteiger partial charge in [0.2, 0.25) is 5.91 Å². The second-order valence-corrected chi connectivity index (χ2v) is 7.94. The van der Waals surface area contributed by atoms with Crippen LogP contribution in [0, 0.1) is 17.2 Å².